The fraction of sp³-hybridized carbons (Fsp3) is 0.400. The minimum Gasteiger partial charge on any atom is -0.352 e. The zero-order valence-corrected chi connectivity index (χ0v) is 11.2. The van der Waals surface area contributed by atoms with Crippen LogP contribution in [0.5, 0.6) is 0 Å². The van der Waals surface area contributed by atoms with Gasteiger partial charge >= 0.3 is 0 Å². The zero-order chi connectivity index (χ0) is 12.8. The first-order valence-corrected chi connectivity index (χ1v) is 6.94. The Hall–Kier alpha value is -1.28. The Morgan fingerprint density at radius 1 is 1.28 bits per heavy atom. The summed E-state index contributed by atoms with van der Waals surface area (Å²) < 4.78 is 0. The largest absolute Gasteiger partial charge is 0.352 e. The van der Waals surface area contributed by atoms with Crippen LogP contribution in [-0.4, -0.2) is 12.5 Å². The lowest BCUT2D eigenvalue weighted by atomic mass is 10.1. The second-order valence-corrected chi connectivity index (χ2v) is 4.86. The number of rotatable bonds is 5. The summed E-state index contributed by atoms with van der Waals surface area (Å²) in [5, 5.41) is 2.95. The van der Waals surface area contributed by atoms with E-state index in [-0.39, 0.29) is 5.91 Å². The minimum absolute atomic E-state index is 0.00489. The lowest BCUT2D eigenvalue weighted by Gasteiger charge is -2.06. The molecule has 1 amide bonds. The SMILES string of the molecule is O=C(NCCC1=CCCC1)c1ccc(CCl)cc1. The second kappa shape index (κ2) is 6.60. The van der Waals surface area contributed by atoms with Crippen molar-refractivity contribution in [2.45, 2.75) is 31.6 Å². The maximum atomic E-state index is 11.9. The monoisotopic (exact) mass is 263 g/mol. The van der Waals surface area contributed by atoms with Crippen molar-refractivity contribution >= 4 is 17.5 Å². The average molecular weight is 264 g/mol. The van der Waals surface area contributed by atoms with E-state index in [4.69, 9.17) is 11.6 Å². The molecule has 1 aliphatic carbocycles. The van der Waals surface area contributed by atoms with E-state index >= 15 is 0 Å². The summed E-state index contributed by atoms with van der Waals surface area (Å²) in [5.41, 5.74) is 3.21. The van der Waals surface area contributed by atoms with E-state index in [1.807, 2.05) is 24.3 Å². The van der Waals surface area contributed by atoms with Crippen molar-refractivity contribution in [3.8, 4) is 0 Å². The molecule has 0 bridgehead atoms. The molecule has 2 nitrogen and oxygen atoms in total. The number of halogens is 1. The van der Waals surface area contributed by atoms with E-state index < -0.39 is 0 Å². The van der Waals surface area contributed by atoms with Gasteiger partial charge < -0.3 is 5.32 Å². The molecule has 1 N–H and O–H groups in total. The summed E-state index contributed by atoms with van der Waals surface area (Å²) in [6.45, 7) is 0.724. The van der Waals surface area contributed by atoms with Gasteiger partial charge in [-0.2, -0.15) is 0 Å². The maximum Gasteiger partial charge on any atom is 0.251 e. The molecule has 0 saturated carbocycles. The van der Waals surface area contributed by atoms with Crippen LogP contribution in [-0.2, 0) is 5.88 Å². The molecule has 1 aliphatic rings. The first kappa shape index (κ1) is 13.2. The summed E-state index contributed by atoms with van der Waals surface area (Å²) in [7, 11) is 0. The summed E-state index contributed by atoms with van der Waals surface area (Å²) in [6.07, 6.45) is 6.93. The molecule has 3 heteroatoms. The van der Waals surface area contributed by atoms with Gasteiger partial charge in [-0.25, -0.2) is 0 Å². The zero-order valence-electron chi connectivity index (χ0n) is 10.4. The van der Waals surface area contributed by atoms with Gasteiger partial charge in [0.2, 0.25) is 0 Å². The molecular formula is C15H18ClNO. The normalized spacial score (nSPS) is 14.4. The second-order valence-electron chi connectivity index (χ2n) is 4.59. The van der Waals surface area contributed by atoms with Crippen LogP contribution in [0, 0.1) is 0 Å². The molecule has 0 fully saturated rings. The van der Waals surface area contributed by atoms with Gasteiger partial charge in [0.25, 0.3) is 5.91 Å². The van der Waals surface area contributed by atoms with Gasteiger partial charge in [0.1, 0.15) is 0 Å². The highest BCUT2D eigenvalue weighted by Crippen LogP contribution is 2.19. The Kier molecular flexibility index (Phi) is 4.82. The summed E-state index contributed by atoms with van der Waals surface area (Å²) in [5.74, 6) is 0.477. The lowest BCUT2D eigenvalue weighted by Crippen LogP contribution is -2.24. The van der Waals surface area contributed by atoms with Gasteiger partial charge in [0, 0.05) is 18.0 Å². The van der Waals surface area contributed by atoms with Crippen molar-refractivity contribution < 1.29 is 4.79 Å². The molecule has 0 saturated heterocycles. The third-order valence-electron chi connectivity index (χ3n) is 3.24. The Labute approximate surface area is 113 Å². The molecular weight excluding hydrogens is 246 g/mol. The van der Waals surface area contributed by atoms with Gasteiger partial charge in [-0.15, -0.1) is 11.6 Å². The minimum atomic E-state index is -0.00489. The lowest BCUT2D eigenvalue weighted by molar-refractivity contribution is 0.0954. The summed E-state index contributed by atoms with van der Waals surface area (Å²) >= 11 is 5.71. The molecule has 0 atom stereocenters. The molecule has 18 heavy (non-hydrogen) atoms. The van der Waals surface area contributed by atoms with Crippen molar-refractivity contribution in [3.05, 3.63) is 47.0 Å². The molecule has 1 aromatic carbocycles. The number of carbonyl (C=O) groups is 1. The standard InChI is InChI=1S/C15H18ClNO/c16-11-13-5-7-14(8-6-13)15(18)17-10-9-12-3-1-2-4-12/h3,5-8H,1-2,4,9-11H2,(H,17,18). The van der Waals surface area contributed by atoms with Gasteiger partial charge in [-0.1, -0.05) is 23.8 Å². The van der Waals surface area contributed by atoms with Gasteiger partial charge in [-0.3, -0.25) is 4.79 Å². The highest BCUT2D eigenvalue weighted by Gasteiger charge is 2.07. The number of carbonyl (C=O) groups excluding carboxylic acids is 1. The molecule has 0 aromatic heterocycles. The number of amides is 1. The van der Waals surface area contributed by atoms with E-state index in [1.165, 1.54) is 24.8 Å². The predicted octanol–water partition coefficient (Wildman–Crippen LogP) is 3.66. The predicted molar refractivity (Wildman–Crippen MR) is 74.9 cm³/mol. The van der Waals surface area contributed by atoms with Crippen LogP contribution < -0.4 is 5.32 Å². The maximum absolute atomic E-state index is 11.9. The Morgan fingerprint density at radius 3 is 2.67 bits per heavy atom. The number of allylic oxidation sites excluding steroid dienone is 1. The number of hydrogen-bond acceptors (Lipinski definition) is 1. The Bertz CT molecular complexity index is 436. The molecule has 0 spiro atoms. The molecule has 2 rings (SSSR count). The highest BCUT2D eigenvalue weighted by molar-refractivity contribution is 6.17. The average Bonchev–Trinajstić information content (AvgIpc) is 2.92. The Balaban J connectivity index is 1.79. The van der Waals surface area contributed by atoms with Crippen molar-refractivity contribution in [3.63, 3.8) is 0 Å². The van der Waals surface area contributed by atoms with E-state index in [0.717, 1.165) is 18.5 Å². The highest BCUT2D eigenvalue weighted by atomic mass is 35.5. The molecule has 0 radical (unpaired) electrons. The number of benzene rings is 1. The van der Waals surface area contributed by atoms with Crippen LogP contribution >= 0.6 is 11.6 Å². The fourth-order valence-corrected chi connectivity index (χ4v) is 2.33. The molecule has 96 valence electrons. The van der Waals surface area contributed by atoms with Crippen molar-refractivity contribution in [2.24, 2.45) is 0 Å². The number of alkyl halides is 1. The van der Waals surface area contributed by atoms with E-state index in [1.54, 1.807) is 0 Å². The van der Waals surface area contributed by atoms with Crippen LogP contribution in [0.1, 0.15) is 41.6 Å². The van der Waals surface area contributed by atoms with Crippen LogP contribution in [0.2, 0.25) is 0 Å². The van der Waals surface area contributed by atoms with Crippen molar-refractivity contribution in [2.75, 3.05) is 6.54 Å². The first-order chi connectivity index (χ1) is 8.79. The molecule has 0 aliphatic heterocycles. The van der Waals surface area contributed by atoms with Crippen molar-refractivity contribution in [1.29, 1.82) is 0 Å². The van der Waals surface area contributed by atoms with E-state index in [2.05, 4.69) is 11.4 Å². The topological polar surface area (TPSA) is 29.1 Å². The van der Waals surface area contributed by atoms with Crippen LogP contribution in [0.25, 0.3) is 0 Å². The van der Waals surface area contributed by atoms with E-state index in [9.17, 15) is 4.79 Å². The van der Waals surface area contributed by atoms with Crippen LogP contribution in [0.15, 0.2) is 35.9 Å². The van der Waals surface area contributed by atoms with E-state index in [0.29, 0.717) is 11.4 Å². The van der Waals surface area contributed by atoms with Gasteiger partial charge in [0.15, 0.2) is 0 Å². The molecule has 0 heterocycles. The molecule has 1 aromatic rings. The van der Waals surface area contributed by atoms with Crippen LogP contribution in [0.4, 0.5) is 0 Å². The summed E-state index contributed by atoms with van der Waals surface area (Å²) in [4.78, 5) is 11.9. The van der Waals surface area contributed by atoms with Gasteiger partial charge in [-0.05, 0) is 43.4 Å². The quantitative estimate of drug-likeness (QED) is 0.638. The summed E-state index contributed by atoms with van der Waals surface area (Å²) in [6, 6.07) is 7.42. The smallest absolute Gasteiger partial charge is 0.251 e. The van der Waals surface area contributed by atoms with Crippen molar-refractivity contribution in [1.82, 2.24) is 5.32 Å². The van der Waals surface area contributed by atoms with Gasteiger partial charge in [0.05, 0.1) is 0 Å². The fourth-order valence-electron chi connectivity index (χ4n) is 2.15. The van der Waals surface area contributed by atoms with Crippen LogP contribution in [0.3, 0.4) is 0 Å². The number of hydrogen-bond donors (Lipinski definition) is 1. The first-order valence-electron chi connectivity index (χ1n) is 6.40. The third-order valence-corrected chi connectivity index (χ3v) is 3.55. The third kappa shape index (κ3) is 3.61. The Morgan fingerprint density at radius 2 is 2.06 bits per heavy atom. The number of nitrogens with one attached hydrogen (secondary N) is 1. The molecule has 0 unspecified atom stereocenters.